The molecule has 0 N–H and O–H groups in total. The van der Waals surface area contributed by atoms with Gasteiger partial charge in [0.05, 0.1) is 12.7 Å². The number of hydrogen-bond acceptors (Lipinski definition) is 5. The number of benzene rings is 1. The summed E-state index contributed by atoms with van der Waals surface area (Å²) in [5.74, 6) is -0.122. The van der Waals surface area contributed by atoms with E-state index in [-0.39, 0.29) is 12.0 Å². The summed E-state index contributed by atoms with van der Waals surface area (Å²) in [5.41, 5.74) is 1.07. The van der Waals surface area contributed by atoms with E-state index < -0.39 is 5.60 Å². The van der Waals surface area contributed by atoms with Crippen molar-refractivity contribution in [3.05, 3.63) is 60.2 Å². The van der Waals surface area contributed by atoms with Crippen LogP contribution in [0.25, 0.3) is 0 Å². The highest BCUT2D eigenvalue weighted by molar-refractivity contribution is 5.92. The molecule has 1 spiro atoms. The summed E-state index contributed by atoms with van der Waals surface area (Å²) < 4.78 is 5.75. The maximum atomic E-state index is 12.5. The van der Waals surface area contributed by atoms with E-state index in [1.807, 2.05) is 18.2 Å². The van der Waals surface area contributed by atoms with Gasteiger partial charge in [-0.3, -0.25) is 9.78 Å². The van der Waals surface area contributed by atoms with E-state index in [9.17, 15) is 9.59 Å². The van der Waals surface area contributed by atoms with Crippen molar-refractivity contribution >= 4 is 12.0 Å². The van der Waals surface area contributed by atoms with E-state index in [0.717, 1.165) is 6.42 Å². The Kier molecular flexibility index (Phi) is 4.75. The molecular formula is C20H22N4O3. The highest BCUT2D eigenvalue weighted by Crippen LogP contribution is 2.33. The number of ether oxygens (including phenoxy) is 1. The van der Waals surface area contributed by atoms with E-state index in [4.69, 9.17) is 4.74 Å². The van der Waals surface area contributed by atoms with Crippen LogP contribution >= 0.6 is 0 Å². The van der Waals surface area contributed by atoms with Gasteiger partial charge in [0.2, 0.25) is 0 Å². The topological polar surface area (TPSA) is 75.6 Å². The molecule has 7 heteroatoms. The Balaban J connectivity index is 1.33. The van der Waals surface area contributed by atoms with E-state index >= 15 is 0 Å². The van der Waals surface area contributed by atoms with Gasteiger partial charge in [-0.05, 0) is 12.0 Å². The first-order chi connectivity index (χ1) is 13.2. The molecular weight excluding hydrogens is 344 g/mol. The predicted octanol–water partition coefficient (Wildman–Crippen LogP) is 2.15. The minimum Gasteiger partial charge on any atom is -0.441 e. The molecule has 7 nitrogen and oxygen atoms in total. The molecule has 0 bridgehead atoms. The van der Waals surface area contributed by atoms with Crippen LogP contribution in [0, 0.1) is 0 Å². The summed E-state index contributed by atoms with van der Waals surface area (Å²) >= 11 is 0. The molecule has 27 heavy (non-hydrogen) atoms. The Morgan fingerprint density at radius 2 is 1.93 bits per heavy atom. The Hall–Kier alpha value is -2.96. The van der Waals surface area contributed by atoms with Gasteiger partial charge in [-0.15, -0.1) is 0 Å². The summed E-state index contributed by atoms with van der Waals surface area (Å²) in [6, 6.07) is 10.1. The average molecular weight is 366 g/mol. The highest BCUT2D eigenvalue weighted by atomic mass is 16.6. The number of carbonyl (C=O) groups excluding carboxylic acids is 2. The van der Waals surface area contributed by atoms with Crippen LogP contribution in [-0.2, 0) is 11.2 Å². The molecule has 2 saturated heterocycles. The van der Waals surface area contributed by atoms with Crippen LogP contribution in [0.3, 0.4) is 0 Å². The van der Waals surface area contributed by atoms with Crippen molar-refractivity contribution in [3.8, 4) is 0 Å². The fourth-order valence-electron chi connectivity index (χ4n) is 3.72. The highest BCUT2D eigenvalue weighted by Gasteiger charge is 2.47. The summed E-state index contributed by atoms with van der Waals surface area (Å²) in [6.07, 6.45) is 6.39. The molecule has 2 amide bonds. The van der Waals surface area contributed by atoms with Crippen LogP contribution in [0.4, 0.5) is 4.79 Å². The number of amides is 2. The first kappa shape index (κ1) is 17.5. The second-order valence-electron chi connectivity index (χ2n) is 7.09. The Labute approximate surface area is 158 Å². The van der Waals surface area contributed by atoms with Crippen molar-refractivity contribution in [1.82, 2.24) is 19.8 Å². The Morgan fingerprint density at radius 1 is 1.15 bits per heavy atom. The molecule has 4 rings (SSSR count). The van der Waals surface area contributed by atoms with E-state index in [1.54, 1.807) is 16.0 Å². The maximum absolute atomic E-state index is 12.5. The Morgan fingerprint density at radius 3 is 2.63 bits per heavy atom. The fraction of sp³-hybridized carbons (Fsp3) is 0.400. The molecule has 0 atom stereocenters. The van der Waals surface area contributed by atoms with Gasteiger partial charge >= 0.3 is 6.09 Å². The van der Waals surface area contributed by atoms with E-state index in [0.29, 0.717) is 44.7 Å². The summed E-state index contributed by atoms with van der Waals surface area (Å²) in [6.45, 7) is 2.34. The number of likely N-dealkylation sites (tertiary alicyclic amines) is 1. The molecule has 0 saturated carbocycles. The minimum atomic E-state index is -0.479. The van der Waals surface area contributed by atoms with Crippen molar-refractivity contribution in [2.24, 2.45) is 0 Å². The summed E-state index contributed by atoms with van der Waals surface area (Å²) in [5, 5.41) is 0. The third-order valence-electron chi connectivity index (χ3n) is 5.30. The zero-order chi connectivity index (χ0) is 18.7. The van der Waals surface area contributed by atoms with Crippen LogP contribution in [0.1, 0.15) is 28.9 Å². The van der Waals surface area contributed by atoms with Crippen LogP contribution in [0.2, 0.25) is 0 Å². The van der Waals surface area contributed by atoms with Gasteiger partial charge in [0.1, 0.15) is 11.3 Å². The third-order valence-corrected chi connectivity index (χ3v) is 5.30. The first-order valence-corrected chi connectivity index (χ1v) is 9.22. The lowest BCUT2D eigenvalue weighted by atomic mass is 9.91. The minimum absolute atomic E-state index is 0.122. The molecule has 2 fully saturated rings. The molecule has 3 heterocycles. The number of aromatic nitrogens is 2. The number of rotatable bonds is 4. The maximum Gasteiger partial charge on any atom is 0.410 e. The molecule has 140 valence electrons. The van der Waals surface area contributed by atoms with Crippen molar-refractivity contribution in [1.29, 1.82) is 0 Å². The monoisotopic (exact) mass is 366 g/mol. The van der Waals surface area contributed by atoms with Crippen LogP contribution in [0.5, 0.6) is 0 Å². The molecule has 1 aromatic carbocycles. The third kappa shape index (κ3) is 3.77. The smallest absolute Gasteiger partial charge is 0.410 e. The fourth-order valence-corrected chi connectivity index (χ4v) is 3.72. The molecule has 0 radical (unpaired) electrons. The summed E-state index contributed by atoms with van der Waals surface area (Å²) in [7, 11) is 0. The van der Waals surface area contributed by atoms with Gasteiger partial charge in [0.15, 0.2) is 0 Å². The number of carbonyl (C=O) groups is 2. The van der Waals surface area contributed by atoms with Crippen LogP contribution in [-0.4, -0.2) is 63.5 Å². The largest absolute Gasteiger partial charge is 0.441 e. The van der Waals surface area contributed by atoms with Gasteiger partial charge in [0.25, 0.3) is 5.91 Å². The summed E-state index contributed by atoms with van der Waals surface area (Å²) in [4.78, 5) is 36.4. The molecule has 2 aliphatic rings. The average Bonchev–Trinajstić information content (AvgIpc) is 3.03. The van der Waals surface area contributed by atoms with E-state index in [1.165, 1.54) is 18.0 Å². The molecule has 2 aliphatic heterocycles. The second kappa shape index (κ2) is 7.34. The lowest BCUT2D eigenvalue weighted by molar-refractivity contribution is 0.00295. The zero-order valence-corrected chi connectivity index (χ0v) is 15.1. The predicted molar refractivity (Wildman–Crippen MR) is 98.1 cm³/mol. The second-order valence-corrected chi connectivity index (χ2v) is 7.09. The quantitative estimate of drug-likeness (QED) is 0.829. The molecule has 1 aromatic heterocycles. The van der Waals surface area contributed by atoms with Crippen LogP contribution in [0.15, 0.2) is 48.9 Å². The van der Waals surface area contributed by atoms with Crippen molar-refractivity contribution in [2.45, 2.75) is 24.9 Å². The van der Waals surface area contributed by atoms with Gasteiger partial charge in [-0.2, -0.15) is 0 Å². The number of hydrogen-bond donors (Lipinski definition) is 0. The van der Waals surface area contributed by atoms with Crippen molar-refractivity contribution < 1.29 is 14.3 Å². The lowest BCUT2D eigenvalue weighted by Crippen LogP contribution is -2.49. The Bertz CT molecular complexity index is 804. The van der Waals surface area contributed by atoms with Gasteiger partial charge in [0, 0.05) is 44.9 Å². The van der Waals surface area contributed by atoms with Gasteiger partial charge in [-0.1, -0.05) is 30.3 Å². The van der Waals surface area contributed by atoms with E-state index in [2.05, 4.69) is 22.1 Å². The van der Waals surface area contributed by atoms with Crippen LogP contribution < -0.4 is 0 Å². The molecule has 2 aromatic rings. The van der Waals surface area contributed by atoms with Gasteiger partial charge in [-0.25, -0.2) is 9.78 Å². The number of piperidine rings is 1. The SMILES string of the molecule is O=C1OC2(CCN(C(=O)c3cnccn3)CC2)CN1CCc1ccccc1. The van der Waals surface area contributed by atoms with Gasteiger partial charge < -0.3 is 14.5 Å². The number of nitrogens with zero attached hydrogens (tertiary/aromatic N) is 4. The molecule has 0 unspecified atom stereocenters. The molecule has 0 aliphatic carbocycles. The zero-order valence-electron chi connectivity index (χ0n) is 15.1. The first-order valence-electron chi connectivity index (χ1n) is 9.22. The van der Waals surface area contributed by atoms with Crippen molar-refractivity contribution in [3.63, 3.8) is 0 Å². The standard InChI is InChI=1S/C20H22N4O3/c25-18(17-14-21-9-10-22-17)23-12-7-20(8-13-23)15-24(19(26)27-20)11-6-16-4-2-1-3-5-16/h1-5,9-10,14H,6-8,11-13,15H2. The lowest BCUT2D eigenvalue weighted by Gasteiger charge is -2.37. The van der Waals surface area contributed by atoms with Crippen molar-refractivity contribution in [2.75, 3.05) is 26.2 Å². The normalized spacial score (nSPS) is 18.6.